The summed E-state index contributed by atoms with van der Waals surface area (Å²) >= 11 is 5.02. The van der Waals surface area contributed by atoms with E-state index in [9.17, 15) is 0 Å². The first kappa shape index (κ1) is 10.4. The molecule has 0 radical (unpaired) electrons. The van der Waals surface area contributed by atoms with Crippen molar-refractivity contribution in [1.29, 1.82) is 0 Å². The first-order valence-corrected chi connectivity index (χ1v) is 5.78. The number of hydrogen-bond donors (Lipinski definition) is 2. The van der Waals surface area contributed by atoms with Crippen molar-refractivity contribution < 1.29 is 0 Å². The number of hydrogen-bond acceptors (Lipinski definition) is 2. The molecule has 15 heavy (non-hydrogen) atoms. The van der Waals surface area contributed by atoms with Crippen LogP contribution in [0.1, 0.15) is 25.3 Å². The molecule has 0 bridgehead atoms. The van der Waals surface area contributed by atoms with Gasteiger partial charge in [0.15, 0.2) is 0 Å². The van der Waals surface area contributed by atoms with Crippen molar-refractivity contribution in [3.8, 4) is 0 Å². The highest BCUT2D eigenvalue weighted by Gasteiger charge is 2.35. The lowest BCUT2D eigenvalue weighted by atomic mass is 10.1. The Balaban J connectivity index is 2.11. The van der Waals surface area contributed by atoms with Crippen molar-refractivity contribution in [2.75, 3.05) is 5.32 Å². The fraction of sp³-hybridized carbons (Fsp3) is 0.417. The second-order valence-electron chi connectivity index (χ2n) is 4.06. The highest BCUT2D eigenvalue weighted by molar-refractivity contribution is 7.80. The van der Waals surface area contributed by atoms with Gasteiger partial charge in [0, 0.05) is 17.3 Å². The molecule has 2 unspecified atom stereocenters. The van der Waals surface area contributed by atoms with E-state index in [2.05, 4.69) is 12.2 Å². The van der Waals surface area contributed by atoms with Gasteiger partial charge in [0.2, 0.25) is 0 Å². The first-order valence-electron chi connectivity index (χ1n) is 5.37. The predicted octanol–water partition coefficient (Wildman–Crippen LogP) is 2.53. The van der Waals surface area contributed by atoms with E-state index in [1.54, 1.807) is 0 Å². The highest BCUT2D eigenvalue weighted by Crippen LogP contribution is 2.36. The summed E-state index contributed by atoms with van der Waals surface area (Å²) in [5.74, 6) is 0.824. The minimum absolute atomic E-state index is 0.465. The molecule has 1 aromatic carbocycles. The van der Waals surface area contributed by atoms with Gasteiger partial charge in [-0.2, -0.15) is 0 Å². The maximum Gasteiger partial charge on any atom is 0.106 e. The van der Waals surface area contributed by atoms with Gasteiger partial charge in [-0.15, -0.1) is 0 Å². The van der Waals surface area contributed by atoms with Gasteiger partial charge in [-0.3, -0.25) is 0 Å². The van der Waals surface area contributed by atoms with Crippen LogP contribution in [-0.4, -0.2) is 11.0 Å². The van der Waals surface area contributed by atoms with Crippen LogP contribution in [0.4, 0.5) is 5.69 Å². The molecule has 3 heteroatoms. The lowest BCUT2D eigenvalue weighted by Crippen LogP contribution is -2.14. The molecule has 2 rings (SSSR count). The zero-order valence-electron chi connectivity index (χ0n) is 8.86. The van der Waals surface area contributed by atoms with E-state index in [1.165, 1.54) is 12.8 Å². The Hall–Kier alpha value is -1.09. The number of benzene rings is 1. The Bertz CT molecular complexity index is 376. The molecule has 3 N–H and O–H groups in total. The summed E-state index contributed by atoms with van der Waals surface area (Å²) in [6, 6.07) is 8.59. The molecule has 1 aliphatic rings. The molecule has 1 aromatic rings. The molecular formula is C12H16N2S. The second kappa shape index (κ2) is 4.19. The Morgan fingerprint density at radius 1 is 1.53 bits per heavy atom. The minimum Gasteiger partial charge on any atom is -0.389 e. The van der Waals surface area contributed by atoms with Gasteiger partial charge in [0.25, 0.3) is 0 Å². The molecule has 0 aromatic heterocycles. The lowest BCUT2D eigenvalue weighted by molar-refractivity contribution is 0.775. The molecule has 0 spiro atoms. The van der Waals surface area contributed by atoms with Crippen molar-refractivity contribution >= 4 is 22.9 Å². The van der Waals surface area contributed by atoms with E-state index < -0.39 is 0 Å². The van der Waals surface area contributed by atoms with E-state index in [0.29, 0.717) is 11.0 Å². The topological polar surface area (TPSA) is 38.0 Å². The molecule has 0 saturated heterocycles. The van der Waals surface area contributed by atoms with Crippen molar-refractivity contribution in [2.45, 2.75) is 25.8 Å². The average molecular weight is 220 g/mol. The Kier molecular flexibility index (Phi) is 2.91. The fourth-order valence-electron chi connectivity index (χ4n) is 1.90. The molecule has 1 aliphatic carbocycles. The molecule has 2 nitrogen and oxygen atoms in total. The summed E-state index contributed by atoms with van der Waals surface area (Å²) in [5.41, 5.74) is 7.70. The maximum atomic E-state index is 5.67. The van der Waals surface area contributed by atoms with Gasteiger partial charge in [-0.05, 0) is 24.5 Å². The van der Waals surface area contributed by atoms with Crippen LogP contribution in [-0.2, 0) is 0 Å². The normalized spacial score (nSPS) is 23.5. The van der Waals surface area contributed by atoms with Gasteiger partial charge in [0.05, 0.1) is 0 Å². The summed E-state index contributed by atoms with van der Waals surface area (Å²) in [6.07, 6.45) is 2.51. The largest absolute Gasteiger partial charge is 0.389 e. The Labute approximate surface area is 95.9 Å². The van der Waals surface area contributed by atoms with E-state index in [4.69, 9.17) is 18.0 Å². The number of nitrogens with one attached hydrogen (secondary N) is 1. The standard InChI is InChI=1S/C12H16N2S/c1-2-8-7-11(8)14-10-6-4-3-5-9(10)12(13)15/h3-6,8,11,14H,2,7H2,1H3,(H2,13,15). The predicted molar refractivity (Wildman–Crippen MR) is 68.1 cm³/mol. The lowest BCUT2D eigenvalue weighted by Gasteiger charge is -2.10. The summed E-state index contributed by atoms with van der Waals surface area (Å²) in [6.45, 7) is 2.23. The first-order chi connectivity index (χ1) is 7.22. The van der Waals surface area contributed by atoms with Gasteiger partial charge < -0.3 is 11.1 Å². The number of thiocarbonyl (C=S) groups is 1. The summed E-state index contributed by atoms with van der Waals surface area (Å²) in [7, 11) is 0. The van der Waals surface area contributed by atoms with Crippen molar-refractivity contribution in [3.63, 3.8) is 0 Å². The number of nitrogens with two attached hydrogens (primary N) is 1. The Morgan fingerprint density at radius 3 is 2.87 bits per heavy atom. The summed E-state index contributed by atoms with van der Waals surface area (Å²) < 4.78 is 0. The maximum absolute atomic E-state index is 5.67. The molecule has 1 saturated carbocycles. The van der Waals surface area contributed by atoms with E-state index in [1.807, 2.05) is 24.3 Å². The van der Waals surface area contributed by atoms with Crippen LogP contribution in [0.25, 0.3) is 0 Å². The summed E-state index contributed by atoms with van der Waals surface area (Å²) in [4.78, 5) is 0.465. The van der Waals surface area contributed by atoms with Crippen LogP contribution in [0.2, 0.25) is 0 Å². The third-order valence-corrected chi connectivity index (χ3v) is 3.20. The quantitative estimate of drug-likeness (QED) is 0.766. The SMILES string of the molecule is CCC1CC1Nc1ccccc1C(N)=S. The molecule has 80 valence electrons. The molecule has 1 fully saturated rings. The molecule has 0 amide bonds. The fourth-order valence-corrected chi connectivity index (χ4v) is 2.08. The van der Waals surface area contributed by atoms with Gasteiger partial charge in [0.1, 0.15) is 4.99 Å². The monoisotopic (exact) mass is 220 g/mol. The molecule has 2 atom stereocenters. The minimum atomic E-state index is 0.465. The van der Waals surface area contributed by atoms with Crippen molar-refractivity contribution in [3.05, 3.63) is 29.8 Å². The van der Waals surface area contributed by atoms with Gasteiger partial charge >= 0.3 is 0 Å². The van der Waals surface area contributed by atoms with Gasteiger partial charge in [-0.25, -0.2) is 0 Å². The average Bonchev–Trinajstić information content (AvgIpc) is 2.97. The van der Waals surface area contributed by atoms with Crippen LogP contribution in [0.3, 0.4) is 0 Å². The van der Waals surface area contributed by atoms with Gasteiger partial charge in [-0.1, -0.05) is 37.7 Å². The molecule has 0 aliphatic heterocycles. The van der Waals surface area contributed by atoms with Crippen LogP contribution in [0.15, 0.2) is 24.3 Å². The highest BCUT2D eigenvalue weighted by atomic mass is 32.1. The number of para-hydroxylation sites is 1. The molecule has 0 heterocycles. The van der Waals surface area contributed by atoms with Crippen LogP contribution in [0, 0.1) is 5.92 Å². The smallest absolute Gasteiger partial charge is 0.106 e. The van der Waals surface area contributed by atoms with E-state index in [-0.39, 0.29) is 0 Å². The third kappa shape index (κ3) is 2.29. The van der Waals surface area contributed by atoms with Crippen LogP contribution < -0.4 is 11.1 Å². The molecular weight excluding hydrogens is 204 g/mol. The van der Waals surface area contributed by atoms with Crippen LogP contribution >= 0.6 is 12.2 Å². The second-order valence-corrected chi connectivity index (χ2v) is 4.50. The third-order valence-electron chi connectivity index (χ3n) is 2.98. The van der Waals surface area contributed by atoms with Crippen LogP contribution in [0.5, 0.6) is 0 Å². The number of rotatable bonds is 4. The van der Waals surface area contributed by atoms with Crippen molar-refractivity contribution in [2.24, 2.45) is 11.7 Å². The van der Waals surface area contributed by atoms with E-state index >= 15 is 0 Å². The number of anilines is 1. The zero-order valence-corrected chi connectivity index (χ0v) is 9.68. The Morgan fingerprint density at radius 2 is 2.27 bits per heavy atom. The van der Waals surface area contributed by atoms with Crippen molar-refractivity contribution in [1.82, 2.24) is 0 Å². The summed E-state index contributed by atoms with van der Waals surface area (Å²) in [5, 5.41) is 3.50. The van der Waals surface area contributed by atoms with E-state index in [0.717, 1.165) is 17.2 Å². The zero-order chi connectivity index (χ0) is 10.8.